The zero-order chi connectivity index (χ0) is 15.2. The highest BCUT2D eigenvalue weighted by atomic mass is 19.1. The second-order valence-electron chi connectivity index (χ2n) is 5.69. The number of hydrogen-bond donors (Lipinski definition) is 1. The van der Waals surface area contributed by atoms with Crippen molar-refractivity contribution in [1.29, 1.82) is 0 Å². The Morgan fingerprint density at radius 2 is 2.29 bits per heavy atom. The van der Waals surface area contributed by atoms with Crippen LogP contribution in [-0.2, 0) is 16.1 Å². The summed E-state index contributed by atoms with van der Waals surface area (Å²) in [6.07, 6.45) is 1.24. The number of carbonyl (C=O) groups excluding carboxylic acids is 1. The highest BCUT2D eigenvalue weighted by Gasteiger charge is 2.27. The molecule has 0 radical (unpaired) electrons. The normalized spacial score (nSPS) is 23.0. The van der Waals surface area contributed by atoms with E-state index in [4.69, 9.17) is 10.5 Å². The highest BCUT2D eigenvalue weighted by Crippen LogP contribution is 2.21. The number of benzene rings is 1. The van der Waals surface area contributed by atoms with Crippen molar-refractivity contribution in [3.63, 3.8) is 0 Å². The highest BCUT2D eigenvalue weighted by molar-refractivity contribution is 5.69. The summed E-state index contributed by atoms with van der Waals surface area (Å²) in [4.78, 5) is 13.8. The minimum Gasteiger partial charge on any atom is -0.466 e. The van der Waals surface area contributed by atoms with Crippen molar-refractivity contribution in [2.24, 2.45) is 11.7 Å². The third kappa shape index (κ3) is 5.10. The van der Waals surface area contributed by atoms with Crippen molar-refractivity contribution >= 4 is 5.97 Å². The number of likely N-dealkylation sites (tertiary alicyclic amines) is 1. The molecule has 116 valence electrons. The Bertz CT molecular complexity index is 481. The number of piperidine rings is 1. The summed E-state index contributed by atoms with van der Waals surface area (Å²) in [6, 6.07) is 6.65. The molecular weight excluding hydrogens is 271 g/mol. The van der Waals surface area contributed by atoms with Gasteiger partial charge < -0.3 is 10.5 Å². The molecule has 4 nitrogen and oxygen atoms in total. The van der Waals surface area contributed by atoms with E-state index in [1.54, 1.807) is 19.1 Å². The van der Waals surface area contributed by atoms with Crippen molar-refractivity contribution in [3.05, 3.63) is 35.6 Å². The van der Waals surface area contributed by atoms with Gasteiger partial charge in [0.2, 0.25) is 0 Å². The number of nitrogens with zero attached hydrogens (tertiary/aromatic N) is 1. The van der Waals surface area contributed by atoms with E-state index in [1.807, 2.05) is 6.07 Å². The van der Waals surface area contributed by atoms with Gasteiger partial charge in [-0.25, -0.2) is 4.39 Å². The molecule has 1 aromatic carbocycles. The van der Waals surface area contributed by atoms with Gasteiger partial charge >= 0.3 is 5.97 Å². The lowest BCUT2D eigenvalue weighted by molar-refractivity contribution is -0.144. The van der Waals surface area contributed by atoms with Gasteiger partial charge in [0.25, 0.3) is 0 Å². The summed E-state index contributed by atoms with van der Waals surface area (Å²) >= 11 is 0. The summed E-state index contributed by atoms with van der Waals surface area (Å²) in [6.45, 7) is 4.44. The molecule has 5 heteroatoms. The van der Waals surface area contributed by atoms with E-state index in [9.17, 15) is 9.18 Å². The van der Waals surface area contributed by atoms with E-state index in [0.717, 1.165) is 25.1 Å². The maximum atomic E-state index is 13.2. The minimum absolute atomic E-state index is 0.0479. The maximum absolute atomic E-state index is 13.2. The minimum atomic E-state index is -0.225. The molecule has 0 amide bonds. The Labute approximate surface area is 125 Å². The fourth-order valence-corrected chi connectivity index (χ4v) is 2.97. The lowest BCUT2D eigenvalue weighted by Gasteiger charge is -2.36. The van der Waals surface area contributed by atoms with Gasteiger partial charge in [0.05, 0.1) is 6.61 Å². The van der Waals surface area contributed by atoms with Crippen molar-refractivity contribution in [1.82, 2.24) is 4.90 Å². The van der Waals surface area contributed by atoms with E-state index >= 15 is 0 Å². The second kappa shape index (κ2) is 7.52. The van der Waals surface area contributed by atoms with Crippen molar-refractivity contribution in [3.8, 4) is 0 Å². The van der Waals surface area contributed by atoms with Gasteiger partial charge in [0, 0.05) is 32.1 Å². The Balaban J connectivity index is 1.92. The predicted octanol–water partition coefficient (Wildman–Crippen LogP) is 1.93. The Morgan fingerprint density at radius 1 is 1.48 bits per heavy atom. The lowest BCUT2D eigenvalue weighted by Crippen LogP contribution is -2.47. The number of hydrogen-bond acceptors (Lipinski definition) is 4. The fourth-order valence-electron chi connectivity index (χ4n) is 2.97. The molecule has 0 bridgehead atoms. The van der Waals surface area contributed by atoms with Crippen molar-refractivity contribution in [2.45, 2.75) is 32.4 Å². The largest absolute Gasteiger partial charge is 0.466 e. The molecule has 1 fully saturated rings. The zero-order valence-electron chi connectivity index (χ0n) is 12.4. The standard InChI is InChI=1S/C16H23FN2O2/c1-2-21-16(20)8-13-7-15(18)11-19(10-13)9-12-4-3-5-14(17)6-12/h3-6,13,15H,2,7-11,18H2,1H3. The zero-order valence-corrected chi connectivity index (χ0v) is 12.4. The van der Waals surface area contributed by atoms with E-state index in [2.05, 4.69) is 4.90 Å². The molecule has 0 aliphatic carbocycles. The van der Waals surface area contributed by atoms with E-state index in [1.165, 1.54) is 6.07 Å². The molecule has 0 saturated carbocycles. The molecule has 2 atom stereocenters. The van der Waals surface area contributed by atoms with Gasteiger partial charge in [0.15, 0.2) is 0 Å². The summed E-state index contributed by atoms with van der Waals surface area (Å²) < 4.78 is 18.2. The molecule has 1 heterocycles. The quantitative estimate of drug-likeness (QED) is 0.843. The number of esters is 1. The lowest BCUT2D eigenvalue weighted by atomic mass is 9.91. The van der Waals surface area contributed by atoms with Crippen LogP contribution in [0, 0.1) is 11.7 Å². The Morgan fingerprint density at radius 3 is 3.00 bits per heavy atom. The number of rotatable bonds is 5. The molecule has 1 aliphatic heterocycles. The first-order valence-corrected chi connectivity index (χ1v) is 7.44. The molecule has 21 heavy (non-hydrogen) atoms. The molecule has 1 aliphatic rings. The molecule has 2 N–H and O–H groups in total. The first-order valence-electron chi connectivity index (χ1n) is 7.44. The number of carbonyl (C=O) groups is 1. The Kier molecular flexibility index (Phi) is 5.70. The molecule has 0 aromatic heterocycles. The van der Waals surface area contributed by atoms with Crippen LogP contribution in [0.5, 0.6) is 0 Å². The third-order valence-electron chi connectivity index (χ3n) is 3.70. The molecule has 1 aromatic rings. The summed E-state index contributed by atoms with van der Waals surface area (Å²) in [5.74, 6) is -0.180. The van der Waals surface area contributed by atoms with Gasteiger partial charge in [-0.1, -0.05) is 12.1 Å². The fraction of sp³-hybridized carbons (Fsp3) is 0.562. The number of halogens is 1. The van der Waals surface area contributed by atoms with Crippen LogP contribution in [0.15, 0.2) is 24.3 Å². The van der Waals surface area contributed by atoms with Crippen molar-refractivity contribution < 1.29 is 13.9 Å². The number of ether oxygens (including phenoxy) is 1. The van der Waals surface area contributed by atoms with Crippen LogP contribution in [0.3, 0.4) is 0 Å². The van der Waals surface area contributed by atoms with Gasteiger partial charge in [-0.15, -0.1) is 0 Å². The van der Waals surface area contributed by atoms with Crippen molar-refractivity contribution in [2.75, 3.05) is 19.7 Å². The maximum Gasteiger partial charge on any atom is 0.306 e. The topological polar surface area (TPSA) is 55.6 Å². The van der Waals surface area contributed by atoms with Crippen LogP contribution in [0.1, 0.15) is 25.3 Å². The van der Waals surface area contributed by atoms with Crippen LogP contribution in [0.4, 0.5) is 4.39 Å². The van der Waals surface area contributed by atoms with Crippen LogP contribution in [0.2, 0.25) is 0 Å². The van der Waals surface area contributed by atoms with Crippen LogP contribution in [0.25, 0.3) is 0 Å². The van der Waals surface area contributed by atoms with Crippen LogP contribution in [-0.4, -0.2) is 36.6 Å². The van der Waals surface area contributed by atoms with Gasteiger partial charge in [-0.2, -0.15) is 0 Å². The number of nitrogens with two attached hydrogens (primary N) is 1. The summed E-state index contributed by atoms with van der Waals surface area (Å²) in [5.41, 5.74) is 7.01. The Hall–Kier alpha value is -1.46. The third-order valence-corrected chi connectivity index (χ3v) is 3.70. The summed E-state index contributed by atoms with van der Waals surface area (Å²) in [7, 11) is 0. The molecular formula is C16H23FN2O2. The molecule has 0 spiro atoms. The van der Waals surface area contributed by atoms with Gasteiger partial charge in [0.1, 0.15) is 5.82 Å². The molecule has 1 saturated heterocycles. The first kappa shape index (κ1) is 15.9. The monoisotopic (exact) mass is 294 g/mol. The predicted molar refractivity (Wildman–Crippen MR) is 79.0 cm³/mol. The molecule has 2 unspecified atom stereocenters. The summed E-state index contributed by atoms with van der Waals surface area (Å²) in [5, 5.41) is 0. The average Bonchev–Trinajstić information content (AvgIpc) is 2.38. The van der Waals surface area contributed by atoms with Crippen LogP contribution >= 0.6 is 0 Å². The van der Waals surface area contributed by atoms with E-state index in [0.29, 0.717) is 19.6 Å². The van der Waals surface area contributed by atoms with E-state index < -0.39 is 0 Å². The van der Waals surface area contributed by atoms with Gasteiger partial charge in [-0.05, 0) is 37.0 Å². The molecule has 2 rings (SSSR count). The SMILES string of the molecule is CCOC(=O)CC1CC(N)CN(Cc2cccc(F)c2)C1. The smallest absolute Gasteiger partial charge is 0.306 e. The van der Waals surface area contributed by atoms with E-state index in [-0.39, 0.29) is 23.7 Å². The average molecular weight is 294 g/mol. The van der Waals surface area contributed by atoms with Gasteiger partial charge in [-0.3, -0.25) is 9.69 Å². The second-order valence-corrected chi connectivity index (χ2v) is 5.69. The van der Waals surface area contributed by atoms with Crippen LogP contribution < -0.4 is 5.73 Å². The first-order chi connectivity index (χ1) is 10.1.